The number of aliphatic carboxylic acids is 1. The van der Waals surface area contributed by atoms with E-state index in [0.29, 0.717) is 36.0 Å². The van der Waals surface area contributed by atoms with Gasteiger partial charge >= 0.3 is 5.97 Å². The monoisotopic (exact) mass is 355 g/mol. The summed E-state index contributed by atoms with van der Waals surface area (Å²) in [5, 5.41) is 10.4. The molecule has 3 rings (SSSR count). The highest BCUT2D eigenvalue weighted by molar-refractivity contribution is 6.35. The maximum atomic E-state index is 12.8. The summed E-state index contributed by atoms with van der Waals surface area (Å²) in [4.78, 5) is 25.8. The maximum Gasteiger partial charge on any atom is 0.306 e. The summed E-state index contributed by atoms with van der Waals surface area (Å²) in [5.41, 5.74) is 2.06. The molecule has 1 N–H and O–H groups in total. The fourth-order valence-electron chi connectivity index (χ4n) is 3.67. The molecule has 1 amide bonds. The van der Waals surface area contributed by atoms with Crippen LogP contribution in [0.4, 0.5) is 0 Å². The molecule has 4 nitrogen and oxygen atoms in total. The Hall–Kier alpha value is -1.26. The highest BCUT2D eigenvalue weighted by Crippen LogP contribution is 2.34. The van der Waals surface area contributed by atoms with Gasteiger partial charge in [-0.25, -0.2) is 0 Å². The molecule has 0 saturated heterocycles. The van der Waals surface area contributed by atoms with Crippen LogP contribution in [0.1, 0.15) is 36.8 Å². The van der Waals surface area contributed by atoms with E-state index < -0.39 is 11.9 Å². The van der Waals surface area contributed by atoms with Crippen LogP contribution in [0.2, 0.25) is 10.0 Å². The van der Waals surface area contributed by atoms with Crippen LogP contribution in [0.25, 0.3) is 0 Å². The first-order chi connectivity index (χ1) is 11.0. The fraction of sp³-hybridized carbons (Fsp3) is 0.529. The van der Waals surface area contributed by atoms with Gasteiger partial charge < -0.3 is 10.0 Å². The molecule has 1 heterocycles. The van der Waals surface area contributed by atoms with Crippen LogP contribution in [-0.4, -0.2) is 28.4 Å². The molecule has 23 heavy (non-hydrogen) atoms. The minimum absolute atomic E-state index is 0.0626. The predicted octanol–water partition coefficient (Wildman–Crippen LogP) is 3.77. The average molecular weight is 356 g/mol. The van der Waals surface area contributed by atoms with E-state index in [1.165, 1.54) is 0 Å². The lowest BCUT2D eigenvalue weighted by Crippen LogP contribution is -2.41. The molecule has 0 bridgehead atoms. The molecule has 0 spiro atoms. The highest BCUT2D eigenvalue weighted by Gasteiger charge is 2.34. The van der Waals surface area contributed by atoms with Crippen LogP contribution < -0.4 is 0 Å². The van der Waals surface area contributed by atoms with Gasteiger partial charge in [-0.1, -0.05) is 29.6 Å². The Labute approximate surface area is 145 Å². The van der Waals surface area contributed by atoms with Crippen molar-refractivity contribution in [2.75, 3.05) is 6.54 Å². The van der Waals surface area contributed by atoms with E-state index in [1.807, 2.05) is 11.0 Å². The Bertz CT molecular complexity index is 647. The number of rotatable bonds is 2. The van der Waals surface area contributed by atoms with Crippen LogP contribution in [0.3, 0.4) is 0 Å². The van der Waals surface area contributed by atoms with Crippen molar-refractivity contribution in [2.45, 2.75) is 38.6 Å². The Kier molecular flexibility index (Phi) is 4.83. The Morgan fingerprint density at radius 1 is 1.17 bits per heavy atom. The van der Waals surface area contributed by atoms with Crippen molar-refractivity contribution in [1.29, 1.82) is 0 Å². The zero-order chi connectivity index (χ0) is 16.6. The second-order valence-corrected chi connectivity index (χ2v) is 7.28. The summed E-state index contributed by atoms with van der Waals surface area (Å²) < 4.78 is 0. The van der Waals surface area contributed by atoms with E-state index in [1.54, 1.807) is 6.07 Å². The van der Waals surface area contributed by atoms with Gasteiger partial charge in [0.25, 0.3) is 0 Å². The largest absolute Gasteiger partial charge is 0.481 e. The maximum absolute atomic E-state index is 12.8. The third-order valence-electron chi connectivity index (χ3n) is 4.94. The van der Waals surface area contributed by atoms with E-state index >= 15 is 0 Å². The first-order valence-corrected chi connectivity index (χ1v) is 8.69. The molecule has 0 radical (unpaired) electrons. The van der Waals surface area contributed by atoms with Crippen LogP contribution in [0.15, 0.2) is 12.1 Å². The molecular weight excluding hydrogens is 337 g/mol. The number of fused-ring (bicyclic) bond motifs is 1. The summed E-state index contributed by atoms with van der Waals surface area (Å²) in [7, 11) is 0. The third kappa shape index (κ3) is 3.48. The molecule has 2 aliphatic rings. The molecular formula is C17H19Cl2NO3. The van der Waals surface area contributed by atoms with Crippen molar-refractivity contribution in [2.24, 2.45) is 11.8 Å². The Morgan fingerprint density at radius 2 is 1.91 bits per heavy atom. The number of hydrogen-bond acceptors (Lipinski definition) is 2. The number of carbonyl (C=O) groups is 2. The first-order valence-electron chi connectivity index (χ1n) is 7.94. The number of halogens is 2. The molecule has 2 unspecified atom stereocenters. The van der Waals surface area contributed by atoms with E-state index in [4.69, 9.17) is 23.2 Å². The van der Waals surface area contributed by atoms with E-state index in [-0.39, 0.29) is 11.8 Å². The van der Waals surface area contributed by atoms with Crippen molar-refractivity contribution < 1.29 is 14.7 Å². The van der Waals surface area contributed by atoms with Gasteiger partial charge in [-0.3, -0.25) is 9.59 Å². The fourth-order valence-corrected chi connectivity index (χ4v) is 4.26. The van der Waals surface area contributed by atoms with Gasteiger partial charge in [0, 0.05) is 29.1 Å². The van der Waals surface area contributed by atoms with Crippen molar-refractivity contribution in [1.82, 2.24) is 4.90 Å². The number of carboxylic acids is 1. The molecule has 1 aromatic carbocycles. The predicted molar refractivity (Wildman–Crippen MR) is 88.7 cm³/mol. The number of amides is 1. The minimum Gasteiger partial charge on any atom is -0.481 e. The molecule has 1 aliphatic carbocycles. The molecule has 6 heteroatoms. The Balaban J connectivity index is 1.73. The summed E-state index contributed by atoms with van der Waals surface area (Å²) in [6, 6.07) is 3.61. The first kappa shape index (κ1) is 16.6. The quantitative estimate of drug-likeness (QED) is 0.878. The zero-order valence-electron chi connectivity index (χ0n) is 12.7. The van der Waals surface area contributed by atoms with Crippen LogP contribution in [0.5, 0.6) is 0 Å². The Morgan fingerprint density at radius 3 is 2.65 bits per heavy atom. The van der Waals surface area contributed by atoms with E-state index in [0.717, 1.165) is 30.4 Å². The van der Waals surface area contributed by atoms with E-state index in [2.05, 4.69) is 0 Å². The summed E-state index contributed by atoms with van der Waals surface area (Å²) in [6.45, 7) is 1.12. The number of benzene rings is 1. The van der Waals surface area contributed by atoms with Gasteiger partial charge in [-0.05, 0) is 48.9 Å². The molecule has 1 saturated carbocycles. The lowest BCUT2D eigenvalue weighted by atomic mass is 9.80. The zero-order valence-corrected chi connectivity index (χ0v) is 14.2. The number of carboxylic acid groups (broad SMARTS) is 1. The second-order valence-electron chi connectivity index (χ2n) is 6.43. The molecule has 1 aliphatic heterocycles. The standard InChI is InChI=1S/C17H19Cl2NO3/c18-13-7-10-4-5-20(9-14(10)15(19)8-13)16(21)11-2-1-3-12(6-11)17(22)23/h7-8,11-12H,1-6,9H2,(H,22,23). The van der Waals surface area contributed by atoms with Gasteiger partial charge in [-0.2, -0.15) is 0 Å². The topological polar surface area (TPSA) is 57.6 Å². The van der Waals surface area contributed by atoms with Gasteiger partial charge in [0.05, 0.1) is 5.92 Å². The molecule has 124 valence electrons. The van der Waals surface area contributed by atoms with Crippen LogP contribution in [0, 0.1) is 11.8 Å². The number of hydrogen-bond donors (Lipinski definition) is 1. The van der Waals surface area contributed by atoms with Gasteiger partial charge in [0.2, 0.25) is 5.91 Å². The highest BCUT2D eigenvalue weighted by atomic mass is 35.5. The average Bonchev–Trinajstić information content (AvgIpc) is 2.54. The van der Waals surface area contributed by atoms with Crippen LogP contribution in [-0.2, 0) is 22.6 Å². The van der Waals surface area contributed by atoms with Crippen LogP contribution >= 0.6 is 23.2 Å². The lowest BCUT2D eigenvalue weighted by Gasteiger charge is -2.34. The summed E-state index contributed by atoms with van der Waals surface area (Å²) >= 11 is 12.3. The van der Waals surface area contributed by atoms with Gasteiger partial charge in [0.15, 0.2) is 0 Å². The summed E-state index contributed by atoms with van der Waals surface area (Å²) in [6.07, 6.45) is 3.43. The van der Waals surface area contributed by atoms with Crippen molar-refractivity contribution in [3.05, 3.63) is 33.3 Å². The van der Waals surface area contributed by atoms with Crippen molar-refractivity contribution >= 4 is 35.1 Å². The smallest absolute Gasteiger partial charge is 0.306 e. The number of nitrogens with zero attached hydrogens (tertiary/aromatic N) is 1. The number of carbonyl (C=O) groups excluding carboxylic acids is 1. The second kappa shape index (κ2) is 6.70. The normalized spacial score (nSPS) is 24.2. The summed E-state index contributed by atoms with van der Waals surface area (Å²) in [5.74, 6) is -1.30. The molecule has 2 atom stereocenters. The van der Waals surface area contributed by atoms with Gasteiger partial charge in [-0.15, -0.1) is 0 Å². The molecule has 1 aromatic rings. The van der Waals surface area contributed by atoms with Gasteiger partial charge in [0.1, 0.15) is 0 Å². The van der Waals surface area contributed by atoms with Crippen molar-refractivity contribution in [3.63, 3.8) is 0 Å². The minimum atomic E-state index is -0.788. The lowest BCUT2D eigenvalue weighted by molar-refractivity contribution is -0.145. The van der Waals surface area contributed by atoms with Crippen molar-refractivity contribution in [3.8, 4) is 0 Å². The van der Waals surface area contributed by atoms with E-state index in [9.17, 15) is 14.7 Å². The molecule has 1 fully saturated rings. The SMILES string of the molecule is O=C(O)C1CCCC(C(=O)N2CCc3cc(Cl)cc(Cl)c3C2)C1. The molecule has 0 aromatic heterocycles. The third-order valence-corrected chi connectivity index (χ3v) is 5.49.